The summed E-state index contributed by atoms with van der Waals surface area (Å²) in [5.74, 6) is 0. The van der Waals surface area contributed by atoms with Crippen LogP contribution in [0.15, 0.2) is 0 Å². The second-order valence-corrected chi connectivity index (χ2v) is 4.11. The fraction of sp³-hybridized carbons (Fsp3) is 0. The standard InChI is InChI=1S/2Er.3H2O3Te/c;;3*1-4(2)3/h;;3*(H2,1,2,3)/q2*+3;;;/p-6. The van der Waals surface area contributed by atoms with E-state index in [1.807, 2.05) is 0 Å². The summed E-state index contributed by atoms with van der Waals surface area (Å²) >= 11 is -12.3. The molecule has 0 aromatic heterocycles. The van der Waals surface area contributed by atoms with Gasteiger partial charge in [-0.05, 0) is 0 Å². The largest absolute Gasteiger partial charge is 3.00 e. The third kappa shape index (κ3) is 223. The van der Waals surface area contributed by atoms with Gasteiger partial charge in [0.05, 0.1) is 0 Å². The summed E-state index contributed by atoms with van der Waals surface area (Å²) in [6, 6.07) is 0. The van der Waals surface area contributed by atoms with Gasteiger partial charge >= 0.3 is 166 Å². The third-order valence-electron chi connectivity index (χ3n) is 0. The molecule has 0 atom stereocenters. The average molecular weight is 861 g/mol. The van der Waals surface area contributed by atoms with E-state index in [1.54, 1.807) is 0 Å². The van der Waals surface area contributed by atoms with Gasteiger partial charge in [-0.25, -0.2) is 0 Å². The maximum atomic E-state index is 8.59. The van der Waals surface area contributed by atoms with Gasteiger partial charge in [0, 0.05) is 0 Å². The van der Waals surface area contributed by atoms with Gasteiger partial charge in [0.2, 0.25) is 0 Å². The molecule has 0 aromatic rings. The van der Waals surface area contributed by atoms with Crippen LogP contribution in [-0.4, -0.2) is 61.1 Å². The predicted molar refractivity (Wildman–Crippen MR) is 19.3 cm³/mol. The van der Waals surface area contributed by atoms with Gasteiger partial charge in [-0.3, -0.25) is 0 Å². The van der Waals surface area contributed by atoms with E-state index in [0.29, 0.717) is 0 Å². The first-order valence-electron chi connectivity index (χ1n) is 1.50. The first-order chi connectivity index (χ1) is 5.20. The Labute approximate surface area is 162 Å². The normalized spacial score (nSPS) is 7.50. The second kappa shape index (κ2) is 25.8. The molecule has 0 aromatic carbocycles. The summed E-state index contributed by atoms with van der Waals surface area (Å²) in [4.78, 5) is 0. The van der Waals surface area contributed by atoms with Crippen LogP contribution in [0, 0.1) is 74.6 Å². The number of hydrogen-bond acceptors (Lipinski definition) is 9. The molecule has 0 aliphatic heterocycles. The summed E-state index contributed by atoms with van der Waals surface area (Å²) in [5, 5.41) is 0. The molecule has 14 heavy (non-hydrogen) atoms. The zero-order valence-corrected chi connectivity index (χ0v) is 16.2. The van der Waals surface area contributed by atoms with Crippen molar-refractivity contribution in [3.05, 3.63) is 0 Å². The van der Waals surface area contributed by atoms with Crippen molar-refractivity contribution in [2.45, 2.75) is 0 Å². The molecule has 0 saturated carbocycles. The summed E-state index contributed by atoms with van der Waals surface area (Å²) in [6.45, 7) is 0. The topological polar surface area (TPSA) is 190 Å². The molecule has 0 amide bonds. The molecule has 0 saturated heterocycles. The maximum absolute atomic E-state index is 8.59. The molecule has 96 valence electrons. The van der Waals surface area contributed by atoms with Gasteiger partial charge in [0.15, 0.2) is 0 Å². The molecule has 0 heterocycles. The van der Waals surface area contributed by atoms with Crippen LogP contribution in [0.3, 0.4) is 0 Å². The van der Waals surface area contributed by atoms with Crippen LogP contribution in [0.5, 0.6) is 0 Å². The Kier molecular flexibility index (Phi) is 56.7. The van der Waals surface area contributed by atoms with E-state index < -0.39 is 61.1 Å². The Hall–Kier alpha value is 4.02. The van der Waals surface area contributed by atoms with Gasteiger partial charge in [0.25, 0.3) is 0 Å². The molecule has 0 fully saturated rings. The SMILES string of the molecule is O=[Te]([O-])[O-].O=[Te]([O-])[O-].O=[Te]([O-])[O-].[Er+3].[Er+3]. The number of rotatable bonds is 0. The summed E-state index contributed by atoms with van der Waals surface area (Å²) < 4.78 is 77.3. The minimum absolute atomic E-state index is 0. The van der Waals surface area contributed by atoms with Crippen LogP contribution in [0.4, 0.5) is 0 Å². The average Bonchev–Trinajstić information content (AvgIpc) is 1.54. The van der Waals surface area contributed by atoms with E-state index >= 15 is 0 Å². The molecule has 14 heteroatoms. The Morgan fingerprint density at radius 2 is 0.500 bits per heavy atom. The van der Waals surface area contributed by atoms with Gasteiger partial charge in [-0.15, -0.1) is 0 Å². The number of hydrogen-bond donors (Lipinski definition) is 0. The van der Waals surface area contributed by atoms with Gasteiger partial charge < -0.3 is 0 Å². The van der Waals surface area contributed by atoms with Crippen LogP contribution in [0.1, 0.15) is 0 Å². The van der Waals surface area contributed by atoms with Gasteiger partial charge in [-0.2, -0.15) is 0 Å². The van der Waals surface area contributed by atoms with E-state index in [2.05, 4.69) is 0 Å². The molecule has 0 aliphatic rings. The second-order valence-electron chi connectivity index (χ2n) is 0.612. The van der Waals surface area contributed by atoms with Crippen molar-refractivity contribution in [1.82, 2.24) is 0 Å². The molecule has 0 aliphatic carbocycles. The molecule has 0 bridgehead atoms. The van der Waals surface area contributed by atoms with E-state index in [1.165, 1.54) is 0 Å². The minimum Gasteiger partial charge on any atom is 3.00 e. The quantitative estimate of drug-likeness (QED) is 0.213. The Balaban J connectivity index is -0.0000000270. The van der Waals surface area contributed by atoms with E-state index in [0.717, 1.165) is 0 Å². The summed E-state index contributed by atoms with van der Waals surface area (Å²) in [7, 11) is 0. The first kappa shape index (κ1) is 30.8. The van der Waals surface area contributed by atoms with Crippen LogP contribution >= 0.6 is 0 Å². The molecular weight excluding hydrogens is 861 g/mol. The van der Waals surface area contributed by atoms with Crippen LogP contribution < -0.4 is 20.8 Å². The van der Waals surface area contributed by atoms with Gasteiger partial charge in [0.1, 0.15) is 0 Å². The van der Waals surface area contributed by atoms with Crippen molar-refractivity contribution in [3.8, 4) is 0 Å². The van der Waals surface area contributed by atoms with Crippen molar-refractivity contribution in [2.75, 3.05) is 0 Å². The fourth-order valence-electron chi connectivity index (χ4n) is 0. The molecule has 0 N–H and O–H groups in total. The van der Waals surface area contributed by atoms with Crippen LogP contribution in [-0.2, 0) is 9.31 Å². The molecule has 9 nitrogen and oxygen atoms in total. The van der Waals surface area contributed by atoms with E-state index in [-0.39, 0.29) is 74.6 Å². The fourth-order valence-corrected chi connectivity index (χ4v) is 0. The van der Waals surface area contributed by atoms with Crippen molar-refractivity contribution < 1.29 is 105 Å². The zero-order chi connectivity index (χ0) is 10.7. The zero-order valence-electron chi connectivity index (χ0n) is 5.48. The molecule has 0 unspecified atom stereocenters. The molecule has 0 rings (SSSR count). The van der Waals surface area contributed by atoms with Crippen molar-refractivity contribution in [2.24, 2.45) is 0 Å². The Bertz CT molecular complexity index is 116. The molecular formula is Er2O9Te3. The van der Waals surface area contributed by atoms with Crippen LogP contribution in [0.25, 0.3) is 0 Å². The smallest absolute Gasteiger partial charge is 3.00 e. The van der Waals surface area contributed by atoms with Crippen LogP contribution in [0.2, 0.25) is 0 Å². The van der Waals surface area contributed by atoms with Gasteiger partial charge in [-0.1, -0.05) is 0 Å². The van der Waals surface area contributed by atoms with E-state index in [9.17, 15) is 0 Å². The van der Waals surface area contributed by atoms with Crippen molar-refractivity contribution in [3.63, 3.8) is 0 Å². The minimum atomic E-state index is -4.11. The first-order valence-corrected chi connectivity index (χ1v) is 10.1. The third-order valence-corrected chi connectivity index (χ3v) is 0. The molecule has 0 spiro atoms. The van der Waals surface area contributed by atoms with Crippen molar-refractivity contribution in [1.29, 1.82) is 0 Å². The summed E-state index contributed by atoms with van der Waals surface area (Å²) in [5.41, 5.74) is 0. The molecule has 2 radical (unpaired) electrons. The Morgan fingerprint density at radius 1 is 0.500 bits per heavy atom. The van der Waals surface area contributed by atoms with Crippen molar-refractivity contribution >= 4 is 61.1 Å². The van der Waals surface area contributed by atoms with E-state index in [4.69, 9.17) is 30.1 Å². The monoisotopic (exact) mass is 866 g/mol. The summed E-state index contributed by atoms with van der Waals surface area (Å²) in [6.07, 6.45) is 0. The predicted octanol–water partition coefficient (Wildman–Crippen LogP) is -8.63. The maximum Gasteiger partial charge on any atom is 3.00 e. The Morgan fingerprint density at radius 3 is 0.500 bits per heavy atom.